The minimum absolute atomic E-state index is 0.302. The Balaban J connectivity index is 1.70. The van der Waals surface area contributed by atoms with Crippen LogP contribution in [0.15, 0.2) is 59.6 Å². The molecule has 0 amide bonds. The van der Waals surface area contributed by atoms with Crippen molar-refractivity contribution in [2.75, 3.05) is 24.3 Å². The number of rotatable bonds is 6. The number of nitrogens with zero attached hydrogens (tertiary/aromatic N) is 3. The molecule has 0 radical (unpaired) electrons. The van der Waals surface area contributed by atoms with Crippen LogP contribution in [0, 0.1) is 19.7 Å². The molecule has 3 N–H and O–H groups in total. The molecule has 7 nitrogen and oxygen atoms in total. The molecule has 0 unspecified atom stereocenters. The van der Waals surface area contributed by atoms with Gasteiger partial charge in [0.2, 0.25) is 11.9 Å². The molecule has 0 aliphatic carbocycles. The summed E-state index contributed by atoms with van der Waals surface area (Å²) in [5.74, 6) is 1.32. The second-order valence-corrected chi connectivity index (χ2v) is 7.42. The molecular formula is C23H25FN6OS. The van der Waals surface area contributed by atoms with Crippen LogP contribution in [0.25, 0.3) is 0 Å². The van der Waals surface area contributed by atoms with Crippen LogP contribution in [0.3, 0.4) is 0 Å². The number of ether oxygens (including phenoxy) is 1. The first-order chi connectivity index (χ1) is 15.4. The van der Waals surface area contributed by atoms with E-state index in [2.05, 4.69) is 30.9 Å². The number of thiocarbonyl (C=S) groups is 1. The maximum Gasteiger partial charge on any atom is 0.229 e. The van der Waals surface area contributed by atoms with Gasteiger partial charge in [0.05, 0.1) is 7.11 Å². The van der Waals surface area contributed by atoms with E-state index in [0.717, 1.165) is 29.1 Å². The van der Waals surface area contributed by atoms with Crippen molar-refractivity contribution in [3.05, 3.63) is 77.4 Å². The van der Waals surface area contributed by atoms with Gasteiger partial charge in [0.1, 0.15) is 11.6 Å². The Bertz CT molecular complexity index is 1070. The minimum atomic E-state index is -0.316. The lowest BCUT2D eigenvalue weighted by atomic mass is 10.1. The number of aryl methyl sites for hydroxylation is 2. The molecule has 0 spiro atoms. The molecule has 0 saturated carbocycles. The second-order valence-electron chi connectivity index (χ2n) is 7.01. The van der Waals surface area contributed by atoms with Gasteiger partial charge in [0.15, 0.2) is 5.11 Å². The molecule has 32 heavy (non-hydrogen) atoms. The van der Waals surface area contributed by atoms with Crippen molar-refractivity contribution in [2.45, 2.75) is 20.3 Å². The van der Waals surface area contributed by atoms with Gasteiger partial charge in [-0.1, -0.05) is 12.1 Å². The van der Waals surface area contributed by atoms with Gasteiger partial charge in [-0.05, 0) is 80.5 Å². The number of hydrogen-bond donors (Lipinski definition) is 3. The van der Waals surface area contributed by atoms with Gasteiger partial charge < -0.3 is 15.4 Å². The number of anilines is 2. The van der Waals surface area contributed by atoms with Crippen molar-refractivity contribution in [3.63, 3.8) is 0 Å². The SMILES string of the molecule is COc1ccc(CCN=C(NC(=S)Nc2ccc(F)cc2)Nc2nc(C)cc(C)n2)cc1. The summed E-state index contributed by atoms with van der Waals surface area (Å²) in [6, 6.07) is 15.6. The monoisotopic (exact) mass is 452 g/mol. The summed E-state index contributed by atoms with van der Waals surface area (Å²) in [6.07, 6.45) is 0.725. The van der Waals surface area contributed by atoms with Gasteiger partial charge in [-0.2, -0.15) is 0 Å². The number of halogens is 1. The van der Waals surface area contributed by atoms with E-state index < -0.39 is 0 Å². The van der Waals surface area contributed by atoms with Gasteiger partial charge in [-0.3, -0.25) is 10.3 Å². The van der Waals surface area contributed by atoms with E-state index in [9.17, 15) is 4.39 Å². The Labute approximate surface area is 192 Å². The third-order valence-electron chi connectivity index (χ3n) is 4.38. The van der Waals surface area contributed by atoms with E-state index in [0.29, 0.717) is 29.3 Å². The highest BCUT2D eigenvalue weighted by atomic mass is 32.1. The molecule has 1 aromatic heterocycles. The van der Waals surface area contributed by atoms with E-state index in [1.54, 1.807) is 19.2 Å². The van der Waals surface area contributed by atoms with Gasteiger partial charge >= 0.3 is 0 Å². The molecule has 0 fully saturated rings. The molecule has 3 aromatic rings. The highest BCUT2D eigenvalue weighted by Gasteiger charge is 2.07. The number of nitrogens with one attached hydrogen (secondary N) is 3. The summed E-state index contributed by atoms with van der Waals surface area (Å²) in [5, 5.41) is 9.45. The van der Waals surface area contributed by atoms with Crippen LogP contribution in [0.4, 0.5) is 16.0 Å². The zero-order valence-corrected chi connectivity index (χ0v) is 19.0. The van der Waals surface area contributed by atoms with Crippen molar-refractivity contribution in [2.24, 2.45) is 4.99 Å². The van der Waals surface area contributed by atoms with Crippen LogP contribution in [-0.2, 0) is 6.42 Å². The minimum Gasteiger partial charge on any atom is -0.497 e. The Hall–Kier alpha value is -3.59. The molecule has 0 aliphatic heterocycles. The lowest BCUT2D eigenvalue weighted by molar-refractivity contribution is 0.414. The fourth-order valence-corrected chi connectivity index (χ4v) is 3.10. The van der Waals surface area contributed by atoms with Gasteiger partial charge in [0, 0.05) is 23.6 Å². The van der Waals surface area contributed by atoms with E-state index in [4.69, 9.17) is 17.0 Å². The van der Waals surface area contributed by atoms with Crippen molar-refractivity contribution in [1.29, 1.82) is 0 Å². The van der Waals surface area contributed by atoms with Crippen LogP contribution >= 0.6 is 12.2 Å². The molecule has 0 bridgehead atoms. The van der Waals surface area contributed by atoms with Crippen LogP contribution in [-0.4, -0.2) is 34.7 Å². The molecule has 0 saturated heterocycles. The van der Waals surface area contributed by atoms with Crippen molar-refractivity contribution < 1.29 is 9.13 Å². The number of methoxy groups -OCH3 is 1. The summed E-state index contributed by atoms with van der Waals surface area (Å²) < 4.78 is 18.3. The van der Waals surface area contributed by atoms with Crippen LogP contribution in [0.5, 0.6) is 5.75 Å². The molecule has 9 heteroatoms. The normalized spacial score (nSPS) is 11.1. The third kappa shape index (κ3) is 7.28. The first-order valence-electron chi connectivity index (χ1n) is 10.0. The maximum absolute atomic E-state index is 13.1. The van der Waals surface area contributed by atoms with Crippen LogP contribution in [0.2, 0.25) is 0 Å². The number of benzene rings is 2. The van der Waals surface area contributed by atoms with Crippen molar-refractivity contribution >= 4 is 34.9 Å². The maximum atomic E-state index is 13.1. The average Bonchev–Trinajstić information content (AvgIpc) is 2.75. The third-order valence-corrected chi connectivity index (χ3v) is 4.58. The molecule has 166 valence electrons. The lowest BCUT2D eigenvalue weighted by Crippen LogP contribution is -2.39. The average molecular weight is 453 g/mol. The van der Waals surface area contributed by atoms with Crippen LogP contribution in [0.1, 0.15) is 17.0 Å². The van der Waals surface area contributed by atoms with Crippen molar-refractivity contribution in [3.8, 4) is 5.75 Å². The summed E-state index contributed by atoms with van der Waals surface area (Å²) >= 11 is 5.39. The van der Waals surface area contributed by atoms with E-state index in [1.165, 1.54) is 12.1 Å². The smallest absolute Gasteiger partial charge is 0.229 e. The number of aromatic nitrogens is 2. The molecule has 1 heterocycles. The number of hydrogen-bond acceptors (Lipinski definition) is 5. The molecule has 2 aromatic carbocycles. The Kier molecular flexibility index (Phi) is 8.04. The Morgan fingerprint density at radius 2 is 1.66 bits per heavy atom. The quantitative estimate of drug-likeness (QED) is 0.293. The van der Waals surface area contributed by atoms with Gasteiger partial charge in [0.25, 0.3) is 0 Å². The largest absolute Gasteiger partial charge is 0.497 e. The summed E-state index contributed by atoms with van der Waals surface area (Å²) in [7, 11) is 1.64. The zero-order valence-electron chi connectivity index (χ0n) is 18.1. The summed E-state index contributed by atoms with van der Waals surface area (Å²) in [4.78, 5) is 13.4. The zero-order chi connectivity index (χ0) is 22.9. The molecule has 3 rings (SSSR count). The van der Waals surface area contributed by atoms with E-state index in [-0.39, 0.29) is 5.82 Å². The number of guanidine groups is 1. The fourth-order valence-electron chi connectivity index (χ4n) is 2.89. The molecular weight excluding hydrogens is 427 g/mol. The second kappa shape index (κ2) is 11.1. The highest BCUT2D eigenvalue weighted by molar-refractivity contribution is 7.80. The first kappa shape index (κ1) is 23.1. The fraction of sp³-hybridized carbons (Fsp3) is 0.217. The van der Waals surface area contributed by atoms with Gasteiger partial charge in [-0.25, -0.2) is 14.4 Å². The van der Waals surface area contributed by atoms with Crippen molar-refractivity contribution in [1.82, 2.24) is 15.3 Å². The first-order valence-corrected chi connectivity index (χ1v) is 10.4. The summed E-state index contributed by atoms with van der Waals surface area (Å²) in [5.41, 5.74) is 3.46. The van der Waals surface area contributed by atoms with E-state index in [1.807, 2.05) is 44.2 Å². The van der Waals surface area contributed by atoms with Crippen LogP contribution < -0.4 is 20.7 Å². The summed E-state index contributed by atoms with van der Waals surface area (Å²) in [6.45, 7) is 4.30. The Morgan fingerprint density at radius 3 is 2.28 bits per heavy atom. The topological polar surface area (TPSA) is 83.5 Å². The molecule has 0 aliphatic rings. The predicted molar refractivity (Wildman–Crippen MR) is 130 cm³/mol. The predicted octanol–water partition coefficient (Wildman–Crippen LogP) is 4.24. The highest BCUT2D eigenvalue weighted by Crippen LogP contribution is 2.12. The number of aliphatic imine (C=N–C) groups is 1. The standard InChI is InChI=1S/C23H25FN6OS/c1-15-14-16(2)27-22(26-15)29-21(25-13-12-17-4-10-20(31-3)11-5-17)30-23(32)28-19-8-6-18(24)7-9-19/h4-11,14H,12-13H2,1-3H3,(H3,25,26,27,28,29,30,32). The molecule has 0 atom stereocenters. The van der Waals surface area contributed by atoms with Gasteiger partial charge in [-0.15, -0.1) is 0 Å². The lowest BCUT2D eigenvalue weighted by Gasteiger charge is -2.14. The van der Waals surface area contributed by atoms with E-state index >= 15 is 0 Å². The Morgan fingerprint density at radius 1 is 1.00 bits per heavy atom.